The second-order valence-corrected chi connectivity index (χ2v) is 5.42. The van der Waals surface area contributed by atoms with Crippen molar-refractivity contribution in [1.29, 1.82) is 0 Å². The first-order valence-corrected chi connectivity index (χ1v) is 7.12. The number of halogens is 1. The SMILES string of the molecule is Clc1ccc2nc(SCc3cccnc3)cnc2c1. The van der Waals surface area contributed by atoms with Gasteiger partial charge in [0, 0.05) is 23.2 Å². The van der Waals surface area contributed by atoms with Crippen LogP contribution in [0.3, 0.4) is 0 Å². The van der Waals surface area contributed by atoms with Crippen molar-refractivity contribution >= 4 is 34.4 Å². The highest BCUT2D eigenvalue weighted by atomic mass is 35.5. The van der Waals surface area contributed by atoms with Gasteiger partial charge >= 0.3 is 0 Å². The smallest absolute Gasteiger partial charge is 0.115 e. The molecule has 2 aromatic heterocycles. The van der Waals surface area contributed by atoms with Gasteiger partial charge < -0.3 is 0 Å². The van der Waals surface area contributed by atoms with Crippen molar-refractivity contribution < 1.29 is 0 Å². The van der Waals surface area contributed by atoms with E-state index in [1.54, 1.807) is 24.2 Å². The highest BCUT2D eigenvalue weighted by Crippen LogP contribution is 2.23. The average molecular weight is 288 g/mol. The van der Waals surface area contributed by atoms with Gasteiger partial charge in [-0.15, -0.1) is 11.8 Å². The number of aromatic nitrogens is 3. The zero-order valence-electron chi connectivity index (χ0n) is 9.95. The summed E-state index contributed by atoms with van der Waals surface area (Å²) in [4.78, 5) is 13.0. The topological polar surface area (TPSA) is 38.7 Å². The van der Waals surface area contributed by atoms with Crippen LogP contribution in [0.2, 0.25) is 5.02 Å². The van der Waals surface area contributed by atoms with E-state index in [0.717, 1.165) is 21.8 Å². The Morgan fingerprint density at radius 3 is 2.89 bits per heavy atom. The lowest BCUT2D eigenvalue weighted by Crippen LogP contribution is -1.88. The molecule has 94 valence electrons. The predicted octanol–water partition coefficient (Wildman–Crippen LogP) is 3.97. The fourth-order valence-corrected chi connectivity index (χ4v) is 2.62. The van der Waals surface area contributed by atoms with Gasteiger partial charge in [-0.2, -0.15) is 0 Å². The third kappa shape index (κ3) is 3.03. The summed E-state index contributed by atoms with van der Waals surface area (Å²) in [6.45, 7) is 0. The molecule has 0 atom stereocenters. The van der Waals surface area contributed by atoms with Gasteiger partial charge in [-0.25, -0.2) is 4.98 Å². The molecular weight excluding hydrogens is 278 g/mol. The second kappa shape index (κ2) is 5.55. The van der Waals surface area contributed by atoms with E-state index in [4.69, 9.17) is 11.6 Å². The quantitative estimate of drug-likeness (QED) is 0.683. The van der Waals surface area contributed by atoms with Gasteiger partial charge in [-0.05, 0) is 29.8 Å². The predicted molar refractivity (Wildman–Crippen MR) is 78.3 cm³/mol. The number of thioether (sulfide) groups is 1. The van der Waals surface area contributed by atoms with E-state index < -0.39 is 0 Å². The fourth-order valence-electron chi connectivity index (χ4n) is 1.68. The lowest BCUT2D eigenvalue weighted by Gasteiger charge is -2.02. The van der Waals surface area contributed by atoms with Crippen molar-refractivity contribution in [2.75, 3.05) is 0 Å². The second-order valence-electron chi connectivity index (χ2n) is 3.99. The van der Waals surface area contributed by atoms with Crippen molar-refractivity contribution in [3.63, 3.8) is 0 Å². The molecule has 2 heterocycles. The van der Waals surface area contributed by atoms with Crippen molar-refractivity contribution in [2.45, 2.75) is 10.8 Å². The molecule has 0 aliphatic rings. The number of fused-ring (bicyclic) bond motifs is 1. The Bertz CT molecular complexity index is 703. The van der Waals surface area contributed by atoms with E-state index in [1.165, 1.54) is 5.56 Å². The van der Waals surface area contributed by atoms with Crippen LogP contribution in [0.5, 0.6) is 0 Å². The van der Waals surface area contributed by atoms with Crippen LogP contribution in [0.1, 0.15) is 5.56 Å². The Labute approximate surface area is 120 Å². The molecular formula is C14H10ClN3S. The average Bonchev–Trinajstić information content (AvgIpc) is 2.46. The molecule has 1 aromatic carbocycles. The van der Waals surface area contributed by atoms with E-state index in [0.29, 0.717) is 5.02 Å². The Morgan fingerprint density at radius 1 is 1.11 bits per heavy atom. The summed E-state index contributed by atoms with van der Waals surface area (Å²) in [5.41, 5.74) is 2.85. The molecule has 0 spiro atoms. The number of hydrogen-bond donors (Lipinski definition) is 0. The Kier molecular flexibility index (Phi) is 3.62. The molecule has 0 amide bonds. The molecule has 0 saturated carbocycles. The molecule has 0 N–H and O–H groups in total. The molecule has 0 radical (unpaired) electrons. The number of hydrogen-bond acceptors (Lipinski definition) is 4. The van der Waals surface area contributed by atoms with Gasteiger partial charge in [0.05, 0.1) is 17.2 Å². The summed E-state index contributed by atoms with van der Waals surface area (Å²) < 4.78 is 0. The summed E-state index contributed by atoms with van der Waals surface area (Å²) in [7, 11) is 0. The maximum absolute atomic E-state index is 5.92. The minimum Gasteiger partial charge on any atom is -0.264 e. The van der Waals surface area contributed by atoms with Crippen molar-refractivity contribution in [2.24, 2.45) is 0 Å². The zero-order chi connectivity index (χ0) is 13.1. The summed E-state index contributed by atoms with van der Waals surface area (Å²) in [6.07, 6.45) is 5.41. The first-order valence-electron chi connectivity index (χ1n) is 5.75. The normalized spacial score (nSPS) is 10.8. The number of benzene rings is 1. The van der Waals surface area contributed by atoms with Gasteiger partial charge in [0.15, 0.2) is 0 Å². The highest BCUT2D eigenvalue weighted by molar-refractivity contribution is 7.98. The molecule has 5 heteroatoms. The fraction of sp³-hybridized carbons (Fsp3) is 0.0714. The van der Waals surface area contributed by atoms with Crippen LogP contribution in [0.25, 0.3) is 11.0 Å². The van der Waals surface area contributed by atoms with E-state index >= 15 is 0 Å². The summed E-state index contributed by atoms with van der Waals surface area (Å²) in [5.74, 6) is 0.835. The number of pyridine rings is 1. The minimum absolute atomic E-state index is 0.678. The van der Waals surface area contributed by atoms with Crippen molar-refractivity contribution in [3.05, 3.63) is 59.5 Å². The molecule has 3 aromatic rings. The molecule has 19 heavy (non-hydrogen) atoms. The monoisotopic (exact) mass is 287 g/mol. The third-order valence-corrected chi connectivity index (χ3v) is 3.80. The first-order chi connectivity index (χ1) is 9.31. The summed E-state index contributed by atoms with van der Waals surface area (Å²) in [6, 6.07) is 9.52. The maximum Gasteiger partial charge on any atom is 0.115 e. The minimum atomic E-state index is 0.678. The van der Waals surface area contributed by atoms with E-state index in [-0.39, 0.29) is 0 Å². The standard InChI is InChI=1S/C14H10ClN3S/c15-11-3-4-12-13(6-11)17-8-14(18-12)19-9-10-2-1-5-16-7-10/h1-8H,9H2. The van der Waals surface area contributed by atoms with E-state index in [1.807, 2.05) is 36.5 Å². The number of nitrogens with zero attached hydrogens (tertiary/aromatic N) is 3. The molecule has 3 nitrogen and oxygen atoms in total. The highest BCUT2D eigenvalue weighted by Gasteiger charge is 2.02. The van der Waals surface area contributed by atoms with Gasteiger partial charge in [0.2, 0.25) is 0 Å². The summed E-state index contributed by atoms with van der Waals surface area (Å²) >= 11 is 7.57. The van der Waals surface area contributed by atoms with Gasteiger partial charge in [-0.1, -0.05) is 17.7 Å². The van der Waals surface area contributed by atoms with E-state index in [9.17, 15) is 0 Å². The van der Waals surface area contributed by atoms with Crippen LogP contribution in [-0.4, -0.2) is 15.0 Å². The Balaban J connectivity index is 1.80. The largest absolute Gasteiger partial charge is 0.264 e. The van der Waals surface area contributed by atoms with Crippen LogP contribution >= 0.6 is 23.4 Å². The van der Waals surface area contributed by atoms with Gasteiger partial charge in [-0.3, -0.25) is 9.97 Å². The molecule has 0 bridgehead atoms. The van der Waals surface area contributed by atoms with Crippen LogP contribution in [0.15, 0.2) is 53.9 Å². The number of rotatable bonds is 3. The third-order valence-electron chi connectivity index (χ3n) is 2.59. The Hall–Kier alpha value is -1.65. The van der Waals surface area contributed by atoms with Crippen LogP contribution in [-0.2, 0) is 5.75 Å². The molecule has 0 unspecified atom stereocenters. The zero-order valence-corrected chi connectivity index (χ0v) is 11.5. The lowest BCUT2D eigenvalue weighted by molar-refractivity contribution is 1.12. The van der Waals surface area contributed by atoms with Crippen LogP contribution < -0.4 is 0 Å². The van der Waals surface area contributed by atoms with Crippen LogP contribution in [0.4, 0.5) is 0 Å². The molecule has 0 aliphatic heterocycles. The molecule has 0 saturated heterocycles. The van der Waals surface area contributed by atoms with Crippen molar-refractivity contribution in [1.82, 2.24) is 15.0 Å². The maximum atomic E-state index is 5.92. The van der Waals surface area contributed by atoms with Crippen LogP contribution in [0, 0.1) is 0 Å². The Morgan fingerprint density at radius 2 is 2.05 bits per heavy atom. The molecule has 3 rings (SSSR count). The van der Waals surface area contributed by atoms with Gasteiger partial charge in [0.1, 0.15) is 5.03 Å². The first kappa shape index (κ1) is 12.4. The molecule has 0 fully saturated rings. The van der Waals surface area contributed by atoms with Gasteiger partial charge in [0.25, 0.3) is 0 Å². The lowest BCUT2D eigenvalue weighted by atomic mass is 10.3. The molecule has 0 aliphatic carbocycles. The van der Waals surface area contributed by atoms with E-state index in [2.05, 4.69) is 15.0 Å². The van der Waals surface area contributed by atoms with Crippen molar-refractivity contribution in [3.8, 4) is 0 Å². The summed E-state index contributed by atoms with van der Waals surface area (Å²) in [5, 5.41) is 1.58.